The maximum Gasteiger partial charge on any atom is 0.242 e. The van der Waals surface area contributed by atoms with E-state index in [2.05, 4.69) is 0 Å². The van der Waals surface area contributed by atoms with Gasteiger partial charge in [-0.3, -0.25) is 14.4 Å². The van der Waals surface area contributed by atoms with Crippen molar-refractivity contribution in [1.29, 1.82) is 0 Å². The predicted molar refractivity (Wildman–Crippen MR) is 92.7 cm³/mol. The average molecular weight is 331 g/mol. The summed E-state index contributed by atoms with van der Waals surface area (Å²) in [5.74, 6) is -0.199. The standard InChI is InChI=1S/C18H25N3O3/c1-4-16-7-5-6-8-17(16)21(15(3)23)13-18(24)20-11-9-19(10-12-20)14(2)22/h5-8H,4,9-13H2,1-3H3. The Kier molecular flexibility index (Phi) is 5.95. The molecular weight excluding hydrogens is 306 g/mol. The molecule has 1 fully saturated rings. The van der Waals surface area contributed by atoms with Crippen LogP contribution in [0, 0.1) is 0 Å². The van der Waals surface area contributed by atoms with Gasteiger partial charge in [0.15, 0.2) is 0 Å². The molecule has 2 rings (SSSR count). The van der Waals surface area contributed by atoms with E-state index in [9.17, 15) is 14.4 Å². The fourth-order valence-corrected chi connectivity index (χ4v) is 2.95. The molecule has 0 unspecified atom stereocenters. The monoisotopic (exact) mass is 331 g/mol. The van der Waals surface area contributed by atoms with Gasteiger partial charge in [-0.15, -0.1) is 0 Å². The van der Waals surface area contributed by atoms with Crippen LogP contribution in [-0.4, -0.2) is 60.2 Å². The van der Waals surface area contributed by atoms with Gasteiger partial charge in [0.25, 0.3) is 0 Å². The van der Waals surface area contributed by atoms with Gasteiger partial charge in [0.05, 0.1) is 0 Å². The third kappa shape index (κ3) is 4.13. The number of amides is 3. The molecule has 24 heavy (non-hydrogen) atoms. The number of piperazine rings is 1. The SMILES string of the molecule is CCc1ccccc1N(CC(=O)N1CCN(C(C)=O)CC1)C(C)=O. The molecular formula is C18H25N3O3. The Morgan fingerprint density at radius 2 is 1.58 bits per heavy atom. The molecule has 1 aromatic rings. The molecule has 6 nitrogen and oxygen atoms in total. The lowest BCUT2D eigenvalue weighted by atomic mass is 10.1. The van der Waals surface area contributed by atoms with Gasteiger partial charge in [0.2, 0.25) is 17.7 Å². The number of hydrogen-bond acceptors (Lipinski definition) is 3. The number of carbonyl (C=O) groups excluding carboxylic acids is 3. The van der Waals surface area contributed by atoms with E-state index in [0.29, 0.717) is 26.2 Å². The second-order valence-electron chi connectivity index (χ2n) is 5.97. The highest BCUT2D eigenvalue weighted by Gasteiger charge is 2.25. The molecule has 0 aliphatic carbocycles. The second-order valence-corrected chi connectivity index (χ2v) is 5.97. The smallest absolute Gasteiger partial charge is 0.242 e. The molecule has 0 N–H and O–H groups in total. The van der Waals surface area contributed by atoms with Crippen LogP contribution in [0.25, 0.3) is 0 Å². The van der Waals surface area contributed by atoms with Gasteiger partial charge in [0, 0.05) is 45.7 Å². The van der Waals surface area contributed by atoms with Crippen LogP contribution in [0.1, 0.15) is 26.3 Å². The molecule has 1 aromatic carbocycles. The quantitative estimate of drug-likeness (QED) is 0.835. The zero-order valence-electron chi connectivity index (χ0n) is 14.6. The summed E-state index contributed by atoms with van der Waals surface area (Å²) in [6.45, 7) is 7.20. The van der Waals surface area contributed by atoms with E-state index in [4.69, 9.17) is 0 Å². The predicted octanol–water partition coefficient (Wildman–Crippen LogP) is 1.29. The van der Waals surface area contributed by atoms with Crippen molar-refractivity contribution in [2.45, 2.75) is 27.2 Å². The lowest BCUT2D eigenvalue weighted by molar-refractivity contribution is -0.137. The molecule has 1 heterocycles. The molecule has 3 amide bonds. The Morgan fingerprint density at radius 3 is 2.12 bits per heavy atom. The van der Waals surface area contributed by atoms with Crippen LogP contribution in [0.3, 0.4) is 0 Å². The van der Waals surface area contributed by atoms with Gasteiger partial charge in [-0.25, -0.2) is 0 Å². The molecule has 1 aliphatic heterocycles. The van der Waals surface area contributed by atoms with Gasteiger partial charge in [0.1, 0.15) is 6.54 Å². The summed E-state index contributed by atoms with van der Waals surface area (Å²) in [5, 5.41) is 0. The Hall–Kier alpha value is -2.37. The number of aryl methyl sites for hydroxylation is 1. The van der Waals surface area contributed by atoms with E-state index >= 15 is 0 Å². The Balaban J connectivity index is 2.07. The summed E-state index contributed by atoms with van der Waals surface area (Å²) in [4.78, 5) is 41.0. The number of anilines is 1. The zero-order valence-corrected chi connectivity index (χ0v) is 14.6. The lowest BCUT2D eigenvalue weighted by Gasteiger charge is -2.35. The topological polar surface area (TPSA) is 60.9 Å². The molecule has 1 saturated heterocycles. The van der Waals surface area contributed by atoms with Crippen LogP contribution in [0.15, 0.2) is 24.3 Å². The highest BCUT2D eigenvalue weighted by Crippen LogP contribution is 2.21. The Labute approximate surface area is 143 Å². The molecule has 0 aromatic heterocycles. The normalized spacial score (nSPS) is 14.5. The number of carbonyl (C=O) groups is 3. The van der Waals surface area contributed by atoms with Crippen molar-refractivity contribution >= 4 is 23.4 Å². The van der Waals surface area contributed by atoms with E-state index in [1.165, 1.54) is 13.8 Å². The van der Waals surface area contributed by atoms with Crippen LogP contribution in [-0.2, 0) is 20.8 Å². The van der Waals surface area contributed by atoms with Gasteiger partial charge in [-0.1, -0.05) is 25.1 Å². The minimum atomic E-state index is -0.147. The summed E-state index contributed by atoms with van der Waals surface area (Å²) in [7, 11) is 0. The van der Waals surface area contributed by atoms with E-state index in [0.717, 1.165) is 17.7 Å². The summed E-state index contributed by atoms with van der Waals surface area (Å²) >= 11 is 0. The number of para-hydroxylation sites is 1. The summed E-state index contributed by atoms with van der Waals surface area (Å²) in [6, 6.07) is 7.66. The highest BCUT2D eigenvalue weighted by atomic mass is 16.2. The van der Waals surface area contributed by atoms with E-state index in [1.807, 2.05) is 31.2 Å². The van der Waals surface area contributed by atoms with Crippen molar-refractivity contribution in [2.75, 3.05) is 37.6 Å². The zero-order chi connectivity index (χ0) is 17.7. The van der Waals surface area contributed by atoms with Gasteiger partial charge in [-0.05, 0) is 18.1 Å². The first-order chi connectivity index (χ1) is 11.4. The van der Waals surface area contributed by atoms with Crippen LogP contribution in [0.5, 0.6) is 0 Å². The fourth-order valence-electron chi connectivity index (χ4n) is 2.95. The maximum atomic E-state index is 12.6. The molecule has 0 bridgehead atoms. The van der Waals surface area contributed by atoms with Crippen molar-refractivity contribution in [1.82, 2.24) is 9.80 Å². The molecule has 0 spiro atoms. The summed E-state index contributed by atoms with van der Waals surface area (Å²) in [6.07, 6.45) is 0.797. The third-order valence-electron chi connectivity index (χ3n) is 4.41. The minimum Gasteiger partial charge on any atom is -0.339 e. The minimum absolute atomic E-state index is 0.0318. The largest absolute Gasteiger partial charge is 0.339 e. The molecule has 0 saturated carbocycles. The van der Waals surface area contributed by atoms with E-state index in [1.54, 1.807) is 14.7 Å². The molecule has 130 valence electrons. The molecule has 1 aliphatic rings. The highest BCUT2D eigenvalue weighted by molar-refractivity contribution is 5.98. The van der Waals surface area contributed by atoms with Gasteiger partial charge in [-0.2, -0.15) is 0 Å². The molecule has 0 radical (unpaired) electrons. The Bertz CT molecular complexity index is 622. The average Bonchev–Trinajstić information content (AvgIpc) is 2.59. The van der Waals surface area contributed by atoms with Crippen LogP contribution < -0.4 is 4.90 Å². The first-order valence-electron chi connectivity index (χ1n) is 8.33. The molecule has 6 heteroatoms. The van der Waals surface area contributed by atoms with Crippen molar-refractivity contribution in [3.63, 3.8) is 0 Å². The van der Waals surface area contributed by atoms with Crippen molar-refractivity contribution in [3.05, 3.63) is 29.8 Å². The number of benzene rings is 1. The van der Waals surface area contributed by atoms with Crippen molar-refractivity contribution < 1.29 is 14.4 Å². The molecule has 0 atom stereocenters. The maximum absolute atomic E-state index is 12.6. The third-order valence-corrected chi connectivity index (χ3v) is 4.41. The van der Waals surface area contributed by atoms with Gasteiger partial charge >= 0.3 is 0 Å². The fraction of sp³-hybridized carbons (Fsp3) is 0.500. The van der Waals surface area contributed by atoms with Crippen molar-refractivity contribution in [3.8, 4) is 0 Å². The number of rotatable bonds is 4. The Morgan fingerprint density at radius 1 is 1.00 bits per heavy atom. The van der Waals surface area contributed by atoms with E-state index in [-0.39, 0.29) is 24.3 Å². The lowest BCUT2D eigenvalue weighted by Crippen LogP contribution is -2.52. The van der Waals surface area contributed by atoms with Crippen LogP contribution in [0.2, 0.25) is 0 Å². The van der Waals surface area contributed by atoms with Crippen molar-refractivity contribution in [2.24, 2.45) is 0 Å². The number of nitrogens with zero attached hydrogens (tertiary/aromatic N) is 3. The summed E-state index contributed by atoms with van der Waals surface area (Å²) < 4.78 is 0. The number of hydrogen-bond donors (Lipinski definition) is 0. The van der Waals surface area contributed by atoms with Crippen LogP contribution in [0.4, 0.5) is 5.69 Å². The van der Waals surface area contributed by atoms with Crippen LogP contribution >= 0.6 is 0 Å². The first-order valence-corrected chi connectivity index (χ1v) is 8.33. The van der Waals surface area contributed by atoms with Gasteiger partial charge < -0.3 is 14.7 Å². The van der Waals surface area contributed by atoms with E-state index < -0.39 is 0 Å². The summed E-state index contributed by atoms with van der Waals surface area (Å²) in [5.41, 5.74) is 1.84. The first kappa shape index (κ1) is 18.0. The second kappa shape index (κ2) is 7.95.